The molecule has 2 aromatic rings. The predicted molar refractivity (Wildman–Crippen MR) is 106 cm³/mol. The van der Waals surface area contributed by atoms with Gasteiger partial charge in [0.15, 0.2) is 0 Å². The zero-order valence-corrected chi connectivity index (χ0v) is 17.5. The van der Waals surface area contributed by atoms with Crippen molar-refractivity contribution in [1.29, 1.82) is 0 Å². The molecule has 1 aliphatic heterocycles. The van der Waals surface area contributed by atoms with Crippen molar-refractivity contribution in [2.24, 2.45) is 0 Å². The van der Waals surface area contributed by atoms with E-state index < -0.39 is 22.3 Å². The van der Waals surface area contributed by atoms with Gasteiger partial charge in [-0.1, -0.05) is 86.1 Å². The molecule has 0 bridgehead atoms. The van der Waals surface area contributed by atoms with Crippen LogP contribution in [0.1, 0.15) is 11.1 Å². The van der Waals surface area contributed by atoms with Gasteiger partial charge in [-0.3, -0.25) is 0 Å². The van der Waals surface area contributed by atoms with Crippen molar-refractivity contribution < 1.29 is 0 Å². The van der Waals surface area contributed by atoms with Crippen molar-refractivity contribution in [2.75, 3.05) is 0 Å². The molecule has 113 valence electrons. The summed E-state index contributed by atoms with van der Waals surface area (Å²) in [7, 11) is -3.70. The predicted octanol–water partition coefficient (Wildman–Crippen LogP) is 3.98. The van der Waals surface area contributed by atoms with Crippen molar-refractivity contribution in [1.82, 2.24) is 0 Å². The van der Waals surface area contributed by atoms with E-state index in [-0.39, 0.29) is 0 Å². The quantitative estimate of drug-likeness (QED) is 0.621. The maximum atomic E-state index is 2.63. The van der Waals surface area contributed by atoms with Crippen molar-refractivity contribution in [3.05, 3.63) is 53.9 Å². The van der Waals surface area contributed by atoms with Crippen LogP contribution in [0.2, 0.25) is 39.3 Å². The molecule has 0 N–H and O–H groups in total. The summed E-state index contributed by atoms with van der Waals surface area (Å²) in [6.07, 6.45) is 2.48. The number of rotatable bonds is 2. The third-order valence-electron chi connectivity index (χ3n) is 5.76. The molecule has 1 radical (unpaired) electrons. The molecule has 0 spiro atoms. The van der Waals surface area contributed by atoms with Crippen LogP contribution in [0.4, 0.5) is 0 Å². The third-order valence-corrected chi connectivity index (χ3v) is 42.6. The number of fused-ring (bicyclic) bond motifs is 5. The minimum Gasteiger partial charge on any atom is -0.0711 e. The summed E-state index contributed by atoms with van der Waals surface area (Å²) in [6, 6.07) is 13.9. The summed E-state index contributed by atoms with van der Waals surface area (Å²) in [5.41, 5.74) is 5.98. The first-order valence-electron chi connectivity index (χ1n) is 8.32. The van der Waals surface area contributed by atoms with Crippen LogP contribution in [-0.2, 0) is 0 Å². The van der Waals surface area contributed by atoms with Gasteiger partial charge in [-0.2, -0.15) is 0 Å². The van der Waals surface area contributed by atoms with Gasteiger partial charge in [0.1, 0.15) is 7.11 Å². The summed E-state index contributed by atoms with van der Waals surface area (Å²) < 4.78 is 0. The number of benzene rings is 2. The minimum absolute atomic E-state index is 1.18. The second kappa shape index (κ2) is 4.13. The molecule has 0 fully saturated rings. The second-order valence-corrected chi connectivity index (χ2v) is 35.5. The molecule has 2 aromatic carbocycles. The lowest BCUT2D eigenvalue weighted by molar-refractivity contribution is 1.57. The molecule has 0 saturated heterocycles. The number of hydrogen-bond acceptors (Lipinski definition) is 0. The highest BCUT2D eigenvalue weighted by Gasteiger charge is 2.68. The average molecular weight is 338 g/mol. The van der Waals surface area contributed by atoms with Crippen LogP contribution in [0.3, 0.4) is 0 Å². The van der Waals surface area contributed by atoms with Crippen molar-refractivity contribution in [2.45, 2.75) is 39.3 Å². The smallest absolute Gasteiger partial charge is 0.0711 e. The molecular weight excluding hydrogens is 312 g/mol. The van der Waals surface area contributed by atoms with E-state index in [1.54, 1.807) is 5.56 Å². The Balaban J connectivity index is 1.96. The summed E-state index contributed by atoms with van der Waals surface area (Å²) in [5.74, 6) is 0. The van der Waals surface area contributed by atoms with Gasteiger partial charge in [0.25, 0.3) is 0 Å². The fraction of sp³-hybridized carbons (Fsp3) is 0.316. The Kier molecular flexibility index (Phi) is 2.76. The SMILES string of the molecule is C[Si](C)(C)[Si]1([Si](C)(C)C)c2ccc3c(c21)[CH]c1ccccc1-3. The van der Waals surface area contributed by atoms with E-state index in [0.29, 0.717) is 0 Å². The molecule has 0 saturated carbocycles. The fourth-order valence-electron chi connectivity index (χ4n) is 5.34. The topological polar surface area (TPSA) is 0 Å². The normalized spacial score (nSPS) is 17.7. The number of hydrogen-bond donors (Lipinski definition) is 0. The Morgan fingerprint density at radius 2 is 1.36 bits per heavy atom. The van der Waals surface area contributed by atoms with Crippen LogP contribution >= 0.6 is 0 Å². The van der Waals surface area contributed by atoms with E-state index >= 15 is 0 Å². The van der Waals surface area contributed by atoms with Crippen molar-refractivity contribution in [3.8, 4) is 11.1 Å². The van der Waals surface area contributed by atoms with Gasteiger partial charge in [-0.05, 0) is 22.3 Å². The zero-order valence-electron chi connectivity index (χ0n) is 14.5. The van der Waals surface area contributed by atoms with Gasteiger partial charge >= 0.3 is 0 Å². The first-order valence-corrected chi connectivity index (χ1v) is 19.3. The molecule has 1 aliphatic carbocycles. The van der Waals surface area contributed by atoms with Crippen LogP contribution in [0.5, 0.6) is 0 Å². The van der Waals surface area contributed by atoms with E-state index in [9.17, 15) is 0 Å². The molecule has 0 unspecified atom stereocenters. The first-order chi connectivity index (χ1) is 10.2. The Hall–Kier alpha value is -0.909. The van der Waals surface area contributed by atoms with Gasteiger partial charge in [0.2, 0.25) is 0 Å². The highest BCUT2D eigenvalue weighted by atomic mass is 29.6. The highest BCUT2D eigenvalue weighted by Crippen LogP contribution is 2.44. The molecular formula is C19H25Si3. The van der Waals surface area contributed by atoms with Crippen LogP contribution in [0.25, 0.3) is 11.1 Å². The highest BCUT2D eigenvalue weighted by molar-refractivity contribution is 7.82. The van der Waals surface area contributed by atoms with Gasteiger partial charge in [-0.15, -0.1) is 0 Å². The van der Waals surface area contributed by atoms with E-state index in [0.717, 1.165) is 0 Å². The van der Waals surface area contributed by atoms with E-state index in [1.807, 2.05) is 10.4 Å². The molecule has 1 heterocycles. The lowest BCUT2D eigenvalue weighted by Gasteiger charge is -2.38. The molecule has 0 amide bonds. The van der Waals surface area contributed by atoms with Crippen LogP contribution in [0, 0.1) is 6.42 Å². The third kappa shape index (κ3) is 1.57. The molecule has 22 heavy (non-hydrogen) atoms. The zero-order chi connectivity index (χ0) is 15.9. The lowest BCUT2D eigenvalue weighted by atomic mass is 10.1. The van der Waals surface area contributed by atoms with Gasteiger partial charge in [0.05, 0.1) is 0 Å². The maximum Gasteiger partial charge on any atom is 0.103 e. The van der Waals surface area contributed by atoms with Gasteiger partial charge < -0.3 is 0 Å². The molecule has 0 nitrogen and oxygen atoms in total. The fourth-order valence-corrected chi connectivity index (χ4v) is 52.4. The molecule has 3 heteroatoms. The summed E-state index contributed by atoms with van der Waals surface area (Å²) >= 11 is 0. The monoisotopic (exact) mass is 337 g/mol. The summed E-state index contributed by atoms with van der Waals surface area (Å²) in [5, 5.41) is 3.69. The first kappa shape index (κ1) is 14.7. The second-order valence-electron chi connectivity index (χ2n) is 8.93. The van der Waals surface area contributed by atoms with E-state index in [4.69, 9.17) is 0 Å². The average Bonchev–Trinajstić information content (AvgIpc) is 2.99. The summed E-state index contributed by atoms with van der Waals surface area (Å²) in [4.78, 5) is 0. The van der Waals surface area contributed by atoms with E-state index in [1.165, 1.54) is 16.7 Å². The minimum atomic E-state index is -1.34. The molecule has 0 aromatic heterocycles. The molecule has 4 rings (SSSR count). The Morgan fingerprint density at radius 3 is 2.00 bits per heavy atom. The van der Waals surface area contributed by atoms with Gasteiger partial charge in [0, 0.05) is 21.6 Å². The Bertz CT molecular complexity index is 777. The van der Waals surface area contributed by atoms with Crippen LogP contribution in [0.15, 0.2) is 36.4 Å². The van der Waals surface area contributed by atoms with Gasteiger partial charge in [-0.25, -0.2) is 0 Å². The molecule has 0 atom stereocenters. The van der Waals surface area contributed by atoms with E-state index in [2.05, 4.69) is 82.1 Å². The maximum absolute atomic E-state index is 2.63. The van der Waals surface area contributed by atoms with Crippen LogP contribution in [-0.4, -0.2) is 22.3 Å². The largest absolute Gasteiger partial charge is 0.103 e. The Labute approximate surface area is 137 Å². The Morgan fingerprint density at radius 1 is 0.727 bits per heavy atom. The molecule has 2 aliphatic rings. The van der Waals surface area contributed by atoms with Crippen molar-refractivity contribution in [3.63, 3.8) is 0 Å². The summed E-state index contributed by atoms with van der Waals surface area (Å²) in [6.45, 7) is 15.8. The standard InChI is InChI=1S/C19H25Si3/c1-20(2,3)22(21(4,5)6)18-12-11-16-15-10-8-7-9-14(15)13-17(16)19(18)22/h7-13H,1-6H3. The van der Waals surface area contributed by atoms with Crippen LogP contribution < -0.4 is 10.4 Å². The van der Waals surface area contributed by atoms with Crippen molar-refractivity contribution >= 4 is 32.7 Å². The lowest BCUT2D eigenvalue weighted by Crippen LogP contribution is -2.69.